The maximum absolute atomic E-state index is 12.7. The predicted molar refractivity (Wildman–Crippen MR) is 71.4 cm³/mol. The minimum atomic E-state index is -4.52. The van der Waals surface area contributed by atoms with E-state index in [2.05, 4.69) is 15.3 Å². The molecule has 0 unspecified atom stereocenters. The van der Waals surface area contributed by atoms with Crippen LogP contribution in [0.4, 0.5) is 13.2 Å². The van der Waals surface area contributed by atoms with Crippen molar-refractivity contribution in [1.82, 2.24) is 15.6 Å². The highest BCUT2D eigenvalue weighted by atomic mass is 19.4. The molecule has 0 aliphatic carbocycles. The molecular formula is C13H9F3N4O2. The monoisotopic (exact) mass is 310 g/mol. The Morgan fingerprint density at radius 1 is 1.23 bits per heavy atom. The molecule has 2 rings (SSSR count). The highest BCUT2D eigenvalue weighted by Crippen LogP contribution is 2.30. The highest BCUT2D eigenvalue weighted by Gasteiger charge is 2.32. The van der Waals surface area contributed by atoms with Crippen molar-refractivity contribution in [3.63, 3.8) is 0 Å². The summed E-state index contributed by atoms with van der Waals surface area (Å²) >= 11 is 0. The summed E-state index contributed by atoms with van der Waals surface area (Å²) in [5, 5.41) is 8.97. The molecule has 6 nitrogen and oxygen atoms in total. The Labute approximate surface area is 121 Å². The number of amides is 1. The predicted octanol–water partition coefficient (Wildman–Crippen LogP) is 1.55. The van der Waals surface area contributed by atoms with Gasteiger partial charge >= 0.3 is 6.18 Å². The van der Waals surface area contributed by atoms with Gasteiger partial charge in [0.25, 0.3) is 11.5 Å². The first-order chi connectivity index (χ1) is 10.4. The number of aromatic nitrogens is 2. The molecule has 1 aromatic heterocycles. The Kier molecular flexibility index (Phi) is 4.35. The van der Waals surface area contributed by atoms with E-state index in [1.165, 1.54) is 18.2 Å². The zero-order valence-electron chi connectivity index (χ0n) is 10.9. The van der Waals surface area contributed by atoms with E-state index in [1.54, 1.807) is 0 Å². The van der Waals surface area contributed by atoms with Gasteiger partial charge in [0.15, 0.2) is 5.69 Å². The van der Waals surface area contributed by atoms with Crippen LogP contribution in [-0.2, 0) is 6.18 Å². The van der Waals surface area contributed by atoms with Crippen LogP contribution in [0.3, 0.4) is 0 Å². The maximum atomic E-state index is 12.7. The van der Waals surface area contributed by atoms with E-state index in [0.29, 0.717) is 0 Å². The quantitative estimate of drug-likeness (QED) is 0.666. The zero-order valence-corrected chi connectivity index (χ0v) is 10.9. The molecule has 0 aliphatic heterocycles. The highest BCUT2D eigenvalue weighted by molar-refractivity contribution is 5.93. The van der Waals surface area contributed by atoms with Gasteiger partial charge in [-0.2, -0.15) is 23.4 Å². The molecule has 0 atom stereocenters. The van der Waals surface area contributed by atoms with Gasteiger partial charge in [0.05, 0.1) is 11.8 Å². The first kappa shape index (κ1) is 15.4. The molecule has 0 saturated heterocycles. The summed E-state index contributed by atoms with van der Waals surface area (Å²) in [5.74, 6) is -0.767. The zero-order chi connectivity index (χ0) is 16.2. The summed E-state index contributed by atoms with van der Waals surface area (Å²) in [6.45, 7) is 0. The third-order valence-electron chi connectivity index (χ3n) is 2.55. The maximum Gasteiger partial charge on any atom is 0.417 e. The number of hydrogen-bond acceptors (Lipinski definition) is 4. The number of aromatic amines is 1. The minimum Gasteiger partial charge on any atom is -0.268 e. The Morgan fingerprint density at radius 3 is 2.59 bits per heavy atom. The molecule has 0 saturated carbocycles. The Balaban J connectivity index is 2.12. The van der Waals surface area contributed by atoms with Gasteiger partial charge in [-0.25, -0.2) is 10.5 Å². The number of carbonyl (C=O) groups is 1. The number of nitrogens with zero attached hydrogens (tertiary/aromatic N) is 2. The van der Waals surface area contributed by atoms with Gasteiger partial charge in [0.2, 0.25) is 0 Å². The molecule has 9 heteroatoms. The second-order valence-corrected chi connectivity index (χ2v) is 4.09. The number of carbonyl (C=O) groups excluding carboxylic acids is 1. The van der Waals surface area contributed by atoms with Crippen LogP contribution in [0.5, 0.6) is 0 Å². The third kappa shape index (κ3) is 3.78. The van der Waals surface area contributed by atoms with Gasteiger partial charge in [-0.05, 0) is 12.1 Å². The second-order valence-electron chi connectivity index (χ2n) is 4.09. The molecular weight excluding hydrogens is 301 g/mol. The van der Waals surface area contributed by atoms with E-state index >= 15 is 0 Å². The number of halogens is 3. The molecule has 0 aliphatic rings. The van der Waals surface area contributed by atoms with E-state index in [9.17, 15) is 22.8 Å². The van der Waals surface area contributed by atoms with Crippen LogP contribution < -0.4 is 11.0 Å². The molecule has 2 aromatic rings. The summed E-state index contributed by atoms with van der Waals surface area (Å²) in [7, 11) is 0. The summed E-state index contributed by atoms with van der Waals surface area (Å²) in [5.41, 5.74) is 0.357. The summed E-state index contributed by atoms with van der Waals surface area (Å²) < 4.78 is 38.2. The molecule has 1 heterocycles. The molecule has 114 valence electrons. The molecule has 1 amide bonds. The number of benzene rings is 1. The van der Waals surface area contributed by atoms with Crippen LogP contribution in [-0.4, -0.2) is 22.3 Å². The van der Waals surface area contributed by atoms with Crippen LogP contribution in [0.1, 0.15) is 21.6 Å². The first-order valence-electron chi connectivity index (χ1n) is 5.93. The number of hydrazone groups is 1. The Bertz CT molecular complexity index is 748. The van der Waals surface area contributed by atoms with Crippen molar-refractivity contribution in [2.45, 2.75) is 6.18 Å². The van der Waals surface area contributed by atoms with E-state index in [-0.39, 0.29) is 11.3 Å². The minimum absolute atomic E-state index is 0.124. The molecule has 1 aromatic carbocycles. The van der Waals surface area contributed by atoms with Gasteiger partial charge in [0.1, 0.15) is 0 Å². The number of hydrogen-bond donors (Lipinski definition) is 2. The summed E-state index contributed by atoms with van der Waals surface area (Å²) in [6.07, 6.45) is -3.64. The van der Waals surface area contributed by atoms with E-state index in [0.717, 1.165) is 24.4 Å². The van der Waals surface area contributed by atoms with E-state index in [1.807, 2.05) is 5.43 Å². The van der Waals surface area contributed by atoms with Gasteiger partial charge in [0, 0.05) is 11.6 Å². The fourth-order valence-corrected chi connectivity index (χ4v) is 1.56. The van der Waals surface area contributed by atoms with Crippen molar-refractivity contribution in [3.8, 4) is 0 Å². The molecule has 0 fully saturated rings. The van der Waals surface area contributed by atoms with E-state index < -0.39 is 23.2 Å². The molecule has 2 N–H and O–H groups in total. The van der Waals surface area contributed by atoms with Crippen molar-refractivity contribution in [3.05, 3.63) is 63.6 Å². The number of nitrogens with one attached hydrogen (secondary N) is 2. The van der Waals surface area contributed by atoms with Crippen molar-refractivity contribution < 1.29 is 18.0 Å². The SMILES string of the molecule is O=C(N/N=C\c1ccccc1C(F)(F)F)c1ccc(=O)[nH]n1. The molecule has 0 radical (unpaired) electrons. The van der Waals surface area contributed by atoms with Gasteiger partial charge in [-0.1, -0.05) is 18.2 Å². The summed E-state index contributed by atoms with van der Waals surface area (Å²) in [4.78, 5) is 22.4. The number of H-pyrrole nitrogens is 1. The van der Waals surface area contributed by atoms with Crippen LogP contribution in [0.25, 0.3) is 0 Å². The summed E-state index contributed by atoms with van der Waals surface area (Å²) in [6, 6.07) is 7.05. The molecule has 22 heavy (non-hydrogen) atoms. The lowest BCUT2D eigenvalue weighted by molar-refractivity contribution is -0.137. The van der Waals surface area contributed by atoms with Crippen LogP contribution in [0.15, 0.2) is 46.3 Å². The van der Waals surface area contributed by atoms with Crippen molar-refractivity contribution in [1.29, 1.82) is 0 Å². The number of alkyl halides is 3. The second kappa shape index (κ2) is 6.20. The van der Waals surface area contributed by atoms with Crippen molar-refractivity contribution >= 4 is 12.1 Å². The number of rotatable bonds is 3. The Hall–Kier alpha value is -2.97. The van der Waals surface area contributed by atoms with Crippen LogP contribution >= 0.6 is 0 Å². The smallest absolute Gasteiger partial charge is 0.268 e. The first-order valence-corrected chi connectivity index (χ1v) is 5.93. The lowest BCUT2D eigenvalue weighted by Crippen LogP contribution is -2.21. The third-order valence-corrected chi connectivity index (χ3v) is 2.55. The van der Waals surface area contributed by atoms with Gasteiger partial charge in [-0.15, -0.1) is 0 Å². The fourth-order valence-electron chi connectivity index (χ4n) is 1.56. The van der Waals surface area contributed by atoms with Crippen LogP contribution in [0.2, 0.25) is 0 Å². The largest absolute Gasteiger partial charge is 0.417 e. The average molecular weight is 310 g/mol. The van der Waals surface area contributed by atoms with Gasteiger partial charge < -0.3 is 0 Å². The van der Waals surface area contributed by atoms with Crippen LogP contribution in [0, 0.1) is 0 Å². The standard InChI is InChI=1S/C13H9F3N4O2/c14-13(15,16)9-4-2-1-3-8(9)7-17-20-12(22)10-5-6-11(21)19-18-10/h1-7H,(H,19,21)(H,20,22)/b17-7-. The molecule has 0 spiro atoms. The lowest BCUT2D eigenvalue weighted by atomic mass is 10.1. The normalized spacial score (nSPS) is 11.6. The van der Waals surface area contributed by atoms with Crippen molar-refractivity contribution in [2.24, 2.45) is 5.10 Å². The topological polar surface area (TPSA) is 87.2 Å². The van der Waals surface area contributed by atoms with Crippen molar-refractivity contribution in [2.75, 3.05) is 0 Å². The average Bonchev–Trinajstić information content (AvgIpc) is 2.47. The lowest BCUT2D eigenvalue weighted by Gasteiger charge is -2.09. The van der Waals surface area contributed by atoms with E-state index in [4.69, 9.17) is 0 Å². The molecule has 0 bridgehead atoms. The fraction of sp³-hybridized carbons (Fsp3) is 0.0769. The van der Waals surface area contributed by atoms with Gasteiger partial charge in [-0.3, -0.25) is 9.59 Å². The Morgan fingerprint density at radius 2 is 1.95 bits per heavy atom.